The van der Waals surface area contributed by atoms with Gasteiger partial charge in [-0.2, -0.15) is 0 Å². The van der Waals surface area contributed by atoms with Gasteiger partial charge in [0, 0.05) is 5.56 Å². The van der Waals surface area contributed by atoms with E-state index >= 15 is 0 Å². The third-order valence-electron chi connectivity index (χ3n) is 6.13. The monoisotopic (exact) mass is 466 g/mol. The molecule has 0 spiro atoms. The summed E-state index contributed by atoms with van der Waals surface area (Å²) in [4.78, 5) is 26.8. The van der Waals surface area contributed by atoms with Crippen molar-refractivity contribution in [3.05, 3.63) is 70.3 Å². The summed E-state index contributed by atoms with van der Waals surface area (Å²) >= 11 is 0. The molecule has 2 aromatic carbocycles. The first kappa shape index (κ1) is 25.3. The van der Waals surface area contributed by atoms with E-state index < -0.39 is 23.5 Å². The van der Waals surface area contributed by atoms with Crippen LogP contribution < -0.4 is 4.74 Å². The summed E-state index contributed by atoms with van der Waals surface area (Å²) in [7, 11) is 0. The van der Waals surface area contributed by atoms with Crippen molar-refractivity contribution in [2.24, 2.45) is 0 Å². The zero-order valence-electron chi connectivity index (χ0n) is 21.0. The predicted molar refractivity (Wildman–Crippen MR) is 130 cm³/mol. The van der Waals surface area contributed by atoms with Gasteiger partial charge in [0.15, 0.2) is 0 Å². The Bertz CT molecular complexity index is 1120. The molecule has 1 heterocycles. The normalized spacial score (nSPS) is 19.9. The minimum Gasteiger partial charge on any atom is -0.507 e. The van der Waals surface area contributed by atoms with Crippen molar-refractivity contribution in [2.75, 3.05) is 13.2 Å². The Hall–Kier alpha value is -3.28. The maximum absolute atomic E-state index is 13.7. The molecule has 6 heteroatoms. The zero-order valence-corrected chi connectivity index (χ0v) is 21.0. The standard InChI is InChI=1S/C28H34O6/c1-8-20(25(30)32-9-2)28(26(31)33-10-3)23(19-13-11-12-14-22(19)34-28)18-15-17(4)24(29)21(16-18)27(5,6)7/h8,11-16,23,29H,9-10H2,1-7H3/b20-8+/t23-,28+/m1/s1. The first-order chi connectivity index (χ1) is 16.0. The fourth-order valence-corrected chi connectivity index (χ4v) is 4.63. The van der Waals surface area contributed by atoms with Crippen LogP contribution in [0.25, 0.3) is 0 Å². The molecule has 34 heavy (non-hydrogen) atoms. The van der Waals surface area contributed by atoms with Crippen molar-refractivity contribution in [1.82, 2.24) is 0 Å². The number of esters is 2. The molecule has 2 aromatic rings. The molecule has 0 bridgehead atoms. The number of phenols is 1. The number of para-hydroxylation sites is 1. The number of benzene rings is 2. The lowest BCUT2D eigenvalue weighted by Gasteiger charge is -2.34. The lowest BCUT2D eigenvalue weighted by Crippen LogP contribution is -2.52. The number of phenolic OH excluding ortho intramolecular Hbond substituents is 1. The summed E-state index contributed by atoms with van der Waals surface area (Å²) in [5, 5.41) is 10.8. The highest BCUT2D eigenvalue weighted by Gasteiger charge is 2.61. The van der Waals surface area contributed by atoms with Gasteiger partial charge in [0.25, 0.3) is 0 Å². The quantitative estimate of drug-likeness (QED) is 0.458. The Labute approximate surface area is 201 Å². The van der Waals surface area contributed by atoms with Crippen molar-refractivity contribution in [2.45, 2.75) is 65.4 Å². The number of rotatable bonds is 6. The molecule has 1 aliphatic heterocycles. The predicted octanol–water partition coefficient (Wildman–Crippen LogP) is 5.33. The summed E-state index contributed by atoms with van der Waals surface area (Å²) in [5.41, 5.74) is 0.842. The SMILES string of the molecule is C/C=C(\C(=O)OCC)[C@]1(C(=O)OCC)Oc2ccccc2[C@H]1c1cc(C)c(O)c(C(C)(C)C)c1. The highest BCUT2D eigenvalue weighted by molar-refractivity contribution is 6.02. The van der Waals surface area contributed by atoms with Crippen molar-refractivity contribution in [3.63, 3.8) is 0 Å². The van der Waals surface area contributed by atoms with Crippen LogP contribution >= 0.6 is 0 Å². The first-order valence-electron chi connectivity index (χ1n) is 11.7. The van der Waals surface area contributed by atoms with Crippen LogP contribution in [0.4, 0.5) is 0 Å². The second kappa shape index (κ2) is 9.53. The molecule has 2 atom stereocenters. The van der Waals surface area contributed by atoms with Crippen molar-refractivity contribution < 1.29 is 28.9 Å². The number of hydrogen-bond donors (Lipinski definition) is 1. The van der Waals surface area contributed by atoms with Crippen LogP contribution in [0, 0.1) is 6.92 Å². The van der Waals surface area contributed by atoms with Crippen LogP contribution in [0.1, 0.15) is 69.7 Å². The maximum Gasteiger partial charge on any atom is 0.356 e. The minimum absolute atomic E-state index is 0.0806. The summed E-state index contributed by atoms with van der Waals surface area (Å²) in [5.74, 6) is -1.30. The number of fused-ring (bicyclic) bond motifs is 1. The van der Waals surface area contributed by atoms with E-state index in [0.29, 0.717) is 11.3 Å². The van der Waals surface area contributed by atoms with Gasteiger partial charge in [-0.1, -0.05) is 57.2 Å². The Balaban J connectivity index is 2.40. The molecule has 1 N–H and O–H groups in total. The lowest BCUT2D eigenvalue weighted by atomic mass is 9.72. The third kappa shape index (κ3) is 4.17. The molecule has 3 rings (SSSR count). The fraction of sp³-hybridized carbons (Fsp3) is 0.429. The van der Waals surface area contributed by atoms with Crippen LogP contribution in [0.2, 0.25) is 0 Å². The number of aryl methyl sites for hydroxylation is 1. The number of carbonyl (C=O) groups excluding carboxylic acids is 2. The smallest absolute Gasteiger partial charge is 0.356 e. The van der Waals surface area contributed by atoms with Crippen LogP contribution in [0.5, 0.6) is 11.5 Å². The molecule has 0 radical (unpaired) electrons. The minimum atomic E-state index is -1.78. The molecule has 0 saturated heterocycles. The van der Waals surface area contributed by atoms with E-state index in [1.807, 2.05) is 58.0 Å². The number of aromatic hydroxyl groups is 1. The van der Waals surface area contributed by atoms with Crippen LogP contribution in [0.15, 0.2) is 48.0 Å². The van der Waals surface area contributed by atoms with Crippen molar-refractivity contribution in [1.29, 1.82) is 0 Å². The van der Waals surface area contributed by atoms with E-state index in [4.69, 9.17) is 14.2 Å². The van der Waals surface area contributed by atoms with E-state index in [1.165, 1.54) is 0 Å². The van der Waals surface area contributed by atoms with E-state index in [1.54, 1.807) is 32.9 Å². The van der Waals surface area contributed by atoms with E-state index in [0.717, 1.165) is 16.7 Å². The summed E-state index contributed by atoms with van der Waals surface area (Å²) in [6.45, 7) is 13.2. The largest absolute Gasteiger partial charge is 0.507 e. The Kier molecular flexibility index (Phi) is 7.10. The van der Waals surface area contributed by atoms with Gasteiger partial charge in [-0.25, -0.2) is 9.59 Å². The highest BCUT2D eigenvalue weighted by atomic mass is 16.6. The zero-order chi connectivity index (χ0) is 25.3. The van der Waals surface area contributed by atoms with Gasteiger partial charge in [0.05, 0.1) is 24.7 Å². The van der Waals surface area contributed by atoms with E-state index in [9.17, 15) is 14.7 Å². The molecule has 6 nitrogen and oxygen atoms in total. The molecule has 0 aliphatic carbocycles. The average molecular weight is 467 g/mol. The Morgan fingerprint density at radius 1 is 1.12 bits per heavy atom. The molecule has 182 valence electrons. The summed E-state index contributed by atoms with van der Waals surface area (Å²) < 4.78 is 17.2. The van der Waals surface area contributed by atoms with Gasteiger partial charge in [-0.05, 0) is 55.9 Å². The Morgan fingerprint density at radius 2 is 1.76 bits per heavy atom. The van der Waals surface area contributed by atoms with Gasteiger partial charge in [-0.3, -0.25) is 0 Å². The van der Waals surface area contributed by atoms with Gasteiger partial charge >= 0.3 is 11.9 Å². The molecular formula is C28H34O6. The fourth-order valence-electron chi connectivity index (χ4n) is 4.63. The first-order valence-corrected chi connectivity index (χ1v) is 11.7. The topological polar surface area (TPSA) is 82.1 Å². The average Bonchev–Trinajstić information content (AvgIpc) is 3.11. The van der Waals surface area contributed by atoms with Crippen molar-refractivity contribution in [3.8, 4) is 11.5 Å². The summed E-state index contributed by atoms with van der Waals surface area (Å²) in [6.07, 6.45) is 1.56. The molecule has 1 aliphatic rings. The molecule has 0 aromatic heterocycles. The highest BCUT2D eigenvalue weighted by Crippen LogP contribution is 2.53. The number of allylic oxidation sites excluding steroid dienone is 1. The van der Waals surface area contributed by atoms with Crippen molar-refractivity contribution >= 4 is 11.9 Å². The van der Waals surface area contributed by atoms with Gasteiger partial charge in [0.1, 0.15) is 11.5 Å². The number of hydrogen-bond acceptors (Lipinski definition) is 6. The second-order valence-corrected chi connectivity index (χ2v) is 9.44. The van der Waals surface area contributed by atoms with Gasteiger partial charge in [-0.15, -0.1) is 0 Å². The van der Waals surface area contributed by atoms with Crippen LogP contribution in [0.3, 0.4) is 0 Å². The molecule has 0 unspecified atom stereocenters. The molecular weight excluding hydrogens is 432 g/mol. The number of ether oxygens (including phenoxy) is 3. The molecule has 0 amide bonds. The van der Waals surface area contributed by atoms with Crippen LogP contribution in [-0.2, 0) is 24.5 Å². The summed E-state index contributed by atoms with van der Waals surface area (Å²) in [6, 6.07) is 11.1. The third-order valence-corrected chi connectivity index (χ3v) is 6.13. The molecule has 0 saturated carbocycles. The Morgan fingerprint density at radius 3 is 2.35 bits per heavy atom. The maximum atomic E-state index is 13.7. The second-order valence-electron chi connectivity index (χ2n) is 9.44. The molecule has 0 fully saturated rings. The van der Waals surface area contributed by atoms with Gasteiger partial charge < -0.3 is 19.3 Å². The van der Waals surface area contributed by atoms with Gasteiger partial charge in [0.2, 0.25) is 5.60 Å². The number of carbonyl (C=O) groups is 2. The lowest BCUT2D eigenvalue weighted by molar-refractivity contribution is -0.161. The van der Waals surface area contributed by atoms with E-state index in [-0.39, 0.29) is 30.0 Å². The van der Waals surface area contributed by atoms with Crippen LogP contribution in [-0.4, -0.2) is 35.9 Å². The van der Waals surface area contributed by atoms with E-state index in [2.05, 4.69) is 0 Å².